The fourth-order valence-corrected chi connectivity index (χ4v) is 2.71. The van der Waals surface area contributed by atoms with Crippen LogP contribution in [-0.2, 0) is 4.79 Å². The second kappa shape index (κ2) is 8.27. The molecule has 3 nitrogen and oxygen atoms in total. The summed E-state index contributed by atoms with van der Waals surface area (Å²) in [4.78, 5) is 13.2. The van der Waals surface area contributed by atoms with Crippen LogP contribution in [0, 0.1) is 0 Å². The van der Waals surface area contributed by atoms with E-state index in [1.54, 1.807) is 11.3 Å². The molecule has 18 heavy (non-hydrogen) atoms. The summed E-state index contributed by atoms with van der Waals surface area (Å²) in [6, 6.07) is 3.84. The van der Waals surface area contributed by atoms with E-state index in [-0.39, 0.29) is 18.0 Å². The lowest BCUT2D eigenvalue weighted by Gasteiger charge is -2.19. The number of unbranched alkanes of at least 4 members (excludes halogenated alkanes) is 1. The van der Waals surface area contributed by atoms with Gasteiger partial charge in [0, 0.05) is 4.88 Å². The normalized spacial score (nSPS) is 14.2. The van der Waals surface area contributed by atoms with Gasteiger partial charge in [-0.05, 0) is 24.3 Å². The van der Waals surface area contributed by atoms with Gasteiger partial charge in [0.1, 0.15) is 0 Å². The number of amides is 1. The van der Waals surface area contributed by atoms with Gasteiger partial charge in [0.15, 0.2) is 0 Å². The maximum absolute atomic E-state index is 12.0. The third-order valence-electron chi connectivity index (χ3n) is 2.99. The molecule has 0 saturated heterocycles. The molecule has 1 aromatic heterocycles. The average molecular weight is 268 g/mol. The Hall–Kier alpha value is -0.870. The topological polar surface area (TPSA) is 55.1 Å². The van der Waals surface area contributed by atoms with Gasteiger partial charge in [-0.25, -0.2) is 0 Å². The second-order valence-electron chi connectivity index (χ2n) is 4.61. The summed E-state index contributed by atoms with van der Waals surface area (Å²) in [6.07, 6.45) is 4.86. The van der Waals surface area contributed by atoms with Gasteiger partial charge in [0.25, 0.3) is 0 Å². The van der Waals surface area contributed by atoms with Crippen LogP contribution in [0.5, 0.6) is 0 Å². The highest BCUT2D eigenvalue weighted by Crippen LogP contribution is 2.23. The van der Waals surface area contributed by atoms with Crippen molar-refractivity contribution in [3.05, 3.63) is 22.4 Å². The minimum absolute atomic E-state index is 0.0182. The third-order valence-corrected chi connectivity index (χ3v) is 3.97. The van der Waals surface area contributed by atoms with E-state index in [1.807, 2.05) is 11.4 Å². The summed E-state index contributed by atoms with van der Waals surface area (Å²) in [5.41, 5.74) is 5.89. The Labute approximate surface area is 114 Å². The van der Waals surface area contributed by atoms with E-state index in [1.165, 1.54) is 4.88 Å². The Morgan fingerprint density at radius 3 is 2.72 bits per heavy atom. The summed E-state index contributed by atoms with van der Waals surface area (Å²) in [7, 11) is 0. The first-order valence-corrected chi connectivity index (χ1v) is 7.66. The molecular formula is C14H24N2OS. The number of carbonyl (C=O) groups is 1. The van der Waals surface area contributed by atoms with Crippen LogP contribution < -0.4 is 11.1 Å². The first-order chi connectivity index (χ1) is 8.69. The van der Waals surface area contributed by atoms with Crippen molar-refractivity contribution < 1.29 is 4.79 Å². The smallest absolute Gasteiger partial charge is 0.237 e. The molecule has 1 heterocycles. The fourth-order valence-electron chi connectivity index (χ4n) is 1.90. The maximum Gasteiger partial charge on any atom is 0.237 e. The first kappa shape index (κ1) is 15.2. The molecule has 0 aliphatic carbocycles. The van der Waals surface area contributed by atoms with Gasteiger partial charge in [-0.1, -0.05) is 39.2 Å². The zero-order chi connectivity index (χ0) is 13.4. The number of rotatable bonds is 8. The molecule has 0 fully saturated rings. The van der Waals surface area contributed by atoms with E-state index in [0.717, 1.165) is 32.1 Å². The van der Waals surface area contributed by atoms with Gasteiger partial charge in [0.2, 0.25) is 5.91 Å². The predicted molar refractivity (Wildman–Crippen MR) is 77.6 cm³/mol. The van der Waals surface area contributed by atoms with Crippen LogP contribution in [0.1, 0.15) is 56.9 Å². The monoisotopic (exact) mass is 268 g/mol. The minimum Gasteiger partial charge on any atom is -0.347 e. The lowest BCUT2D eigenvalue weighted by atomic mass is 10.1. The third kappa shape index (κ3) is 4.78. The van der Waals surface area contributed by atoms with Gasteiger partial charge in [0.05, 0.1) is 12.1 Å². The van der Waals surface area contributed by atoms with Crippen LogP contribution in [-0.4, -0.2) is 11.9 Å². The number of carbonyl (C=O) groups excluding carboxylic acids is 1. The molecule has 3 N–H and O–H groups in total. The zero-order valence-corrected chi connectivity index (χ0v) is 12.1. The number of thiophene rings is 1. The largest absolute Gasteiger partial charge is 0.347 e. The quantitative estimate of drug-likeness (QED) is 0.760. The molecule has 1 rings (SSSR count). The highest BCUT2D eigenvalue weighted by Gasteiger charge is 2.18. The van der Waals surface area contributed by atoms with Gasteiger partial charge >= 0.3 is 0 Å². The van der Waals surface area contributed by atoms with Crippen LogP contribution in [0.3, 0.4) is 0 Å². The molecule has 0 radical (unpaired) electrons. The highest BCUT2D eigenvalue weighted by atomic mass is 32.1. The van der Waals surface area contributed by atoms with Gasteiger partial charge in [-0.15, -0.1) is 11.3 Å². The molecule has 0 aromatic carbocycles. The average Bonchev–Trinajstić information content (AvgIpc) is 2.89. The molecule has 102 valence electrons. The molecule has 2 atom stereocenters. The standard InChI is InChI=1S/C14H24N2OS/c1-3-5-8-11(15)14(17)16-12(7-4-2)13-9-6-10-18-13/h6,9-12H,3-5,7-8,15H2,1-2H3,(H,16,17). The molecule has 0 aliphatic heterocycles. The number of hydrogen-bond acceptors (Lipinski definition) is 3. The molecule has 1 amide bonds. The predicted octanol–water partition coefficient (Wildman–Crippen LogP) is 3.22. The zero-order valence-electron chi connectivity index (χ0n) is 11.3. The Kier molecular flexibility index (Phi) is 6.98. The van der Waals surface area contributed by atoms with Crippen molar-refractivity contribution in [2.75, 3.05) is 0 Å². The van der Waals surface area contributed by atoms with Crippen LogP contribution >= 0.6 is 11.3 Å². The summed E-state index contributed by atoms with van der Waals surface area (Å²) >= 11 is 1.69. The first-order valence-electron chi connectivity index (χ1n) is 6.78. The van der Waals surface area contributed by atoms with E-state index in [4.69, 9.17) is 5.73 Å². The summed E-state index contributed by atoms with van der Waals surface area (Å²) in [5.74, 6) is -0.0182. The van der Waals surface area contributed by atoms with Gasteiger partial charge in [-0.2, -0.15) is 0 Å². The molecule has 0 saturated carbocycles. The molecule has 0 bridgehead atoms. The van der Waals surface area contributed by atoms with Crippen molar-refractivity contribution in [2.45, 2.75) is 58.0 Å². The fraction of sp³-hybridized carbons (Fsp3) is 0.643. The van der Waals surface area contributed by atoms with Crippen LogP contribution in [0.25, 0.3) is 0 Å². The number of nitrogens with one attached hydrogen (secondary N) is 1. The maximum atomic E-state index is 12.0. The Balaban J connectivity index is 2.53. The Bertz CT molecular complexity index is 338. The van der Waals surface area contributed by atoms with Crippen molar-refractivity contribution in [2.24, 2.45) is 5.73 Å². The second-order valence-corrected chi connectivity index (χ2v) is 5.59. The van der Waals surface area contributed by atoms with Crippen molar-refractivity contribution >= 4 is 17.2 Å². The summed E-state index contributed by atoms with van der Waals surface area (Å²) in [6.45, 7) is 4.24. The summed E-state index contributed by atoms with van der Waals surface area (Å²) in [5, 5.41) is 5.12. The van der Waals surface area contributed by atoms with Crippen LogP contribution in [0.15, 0.2) is 17.5 Å². The van der Waals surface area contributed by atoms with E-state index >= 15 is 0 Å². The SMILES string of the molecule is CCCCC(N)C(=O)NC(CCC)c1cccs1. The number of nitrogens with two attached hydrogens (primary N) is 1. The van der Waals surface area contributed by atoms with E-state index < -0.39 is 0 Å². The van der Waals surface area contributed by atoms with E-state index in [2.05, 4.69) is 25.2 Å². The molecule has 2 unspecified atom stereocenters. The number of hydrogen-bond donors (Lipinski definition) is 2. The lowest BCUT2D eigenvalue weighted by Crippen LogP contribution is -2.42. The van der Waals surface area contributed by atoms with Gasteiger partial charge in [-0.3, -0.25) is 4.79 Å². The van der Waals surface area contributed by atoms with Gasteiger partial charge < -0.3 is 11.1 Å². The highest BCUT2D eigenvalue weighted by molar-refractivity contribution is 7.10. The molecular weight excluding hydrogens is 244 g/mol. The molecule has 0 spiro atoms. The summed E-state index contributed by atoms with van der Waals surface area (Å²) < 4.78 is 0. The van der Waals surface area contributed by atoms with Crippen molar-refractivity contribution in [3.63, 3.8) is 0 Å². The van der Waals surface area contributed by atoms with E-state index in [0.29, 0.717) is 0 Å². The lowest BCUT2D eigenvalue weighted by molar-refractivity contribution is -0.123. The van der Waals surface area contributed by atoms with Crippen molar-refractivity contribution in [1.82, 2.24) is 5.32 Å². The van der Waals surface area contributed by atoms with Crippen molar-refractivity contribution in [3.8, 4) is 0 Å². The van der Waals surface area contributed by atoms with Crippen LogP contribution in [0.4, 0.5) is 0 Å². The Morgan fingerprint density at radius 2 is 2.17 bits per heavy atom. The molecule has 1 aromatic rings. The van der Waals surface area contributed by atoms with Crippen molar-refractivity contribution in [1.29, 1.82) is 0 Å². The van der Waals surface area contributed by atoms with Crippen LogP contribution in [0.2, 0.25) is 0 Å². The Morgan fingerprint density at radius 1 is 1.39 bits per heavy atom. The minimum atomic E-state index is -0.371. The van der Waals surface area contributed by atoms with E-state index in [9.17, 15) is 4.79 Å². The molecule has 4 heteroatoms. The molecule has 0 aliphatic rings.